The summed E-state index contributed by atoms with van der Waals surface area (Å²) in [5.41, 5.74) is 1.50. The van der Waals surface area contributed by atoms with Crippen molar-refractivity contribution in [2.45, 2.75) is 12.8 Å². The van der Waals surface area contributed by atoms with Gasteiger partial charge in [0.2, 0.25) is 5.88 Å². The number of rotatable bonds is 7. The molecule has 0 saturated carbocycles. The molecule has 1 fully saturated rings. The Bertz CT molecular complexity index is 718. The second kappa shape index (κ2) is 8.27. The molecule has 1 aliphatic heterocycles. The first-order valence-corrected chi connectivity index (χ1v) is 8.36. The molecule has 1 amide bonds. The molecule has 0 aliphatic carbocycles. The van der Waals surface area contributed by atoms with Gasteiger partial charge in [-0.2, -0.15) is 5.10 Å². The summed E-state index contributed by atoms with van der Waals surface area (Å²) in [5, 5.41) is 14.1. The van der Waals surface area contributed by atoms with Gasteiger partial charge in [0.05, 0.1) is 19.0 Å². The molecule has 1 saturated heterocycles. The number of nitrogens with one attached hydrogen (secondary N) is 2. The molecule has 132 valence electrons. The van der Waals surface area contributed by atoms with Crippen molar-refractivity contribution >= 4 is 17.4 Å². The SMILES string of the molecule is COc1ncccc1C(=O)NCCNc1cc(N2CCCC2)cnn1. The fourth-order valence-electron chi connectivity index (χ4n) is 2.78. The zero-order valence-corrected chi connectivity index (χ0v) is 14.2. The van der Waals surface area contributed by atoms with Gasteiger partial charge in [-0.25, -0.2) is 4.98 Å². The third kappa shape index (κ3) is 4.34. The summed E-state index contributed by atoms with van der Waals surface area (Å²) < 4.78 is 5.09. The number of hydrogen-bond donors (Lipinski definition) is 2. The molecule has 25 heavy (non-hydrogen) atoms. The molecular formula is C17H22N6O2. The summed E-state index contributed by atoms with van der Waals surface area (Å²) in [6.07, 6.45) is 5.81. The van der Waals surface area contributed by atoms with E-state index in [1.807, 2.05) is 6.07 Å². The number of methoxy groups -OCH3 is 1. The van der Waals surface area contributed by atoms with E-state index in [1.165, 1.54) is 20.0 Å². The Morgan fingerprint density at radius 1 is 1.32 bits per heavy atom. The average Bonchev–Trinajstić information content (AvgIpc) is 3.20. The van der Waals surface area contributed by atoms with Crippen molar-refractivity contribution in [3.05, 3.63) is 36.2 Å². The molecule has 0 unspecified atom stereocenters. The van der Waals surface area contributed by atoms with Crippen LogP contribution in [0.4, 0.5) is 11.5 Å². The molecule has 3 rings (SSSR count). The molecule has 0 atom stereocenters. The van der Waals surface area contributed by atoms with Crippen LogP contribution in [-0.4, -0.2) is 54.4 Å². The first-order valence-electron chi connectivity index (χ1n) is 8.36. The Hall–Kier alpha value is -2.90. The second-order valence-corrected chi connectivity index (χ2v) is 5.74. The van der Waals surface area contributed by atoms with Crippen LogP contribution in [0, 0.1) is 0 Å². The summed E-state index contributed by atoms with van der Waals surface area (Å²) >= 11 is 0. The molecule has 8 heteroatoms. The van der Waals surface area contributed by atoms with Crippen molar-refractivity contribution < 1.29 is 9.53 Å². The molecule has 0 radical (unpaired) electrons. The van der Waals surface area contributed by atoms with E-state index in [0.717, 1.165) is 18.8 Å². The van der Waals surface area contributed by atoms with E-state index < -0.39 is 0 Å². The van der Waals surface area contributed by atoms with Crippen LogP contribution in [0.25, 0.3) is 0 Å². The van der Waals surface area contributed by atoms with Gasteiger partial charge in [-0.05, 0) is 25.0 Å². The lowest BCUT2D eigenvalue weighted by Gasteiger charge is -2.17. The lowest BCUT2D eigenvalue weighted by atomic mass is 10.2. The van der Waals surface area contributed by atoms with Crippen LogP contribution in [0.2, 0.25) is 0 Å². The number of carbonyl (C=O) groups excluding carboxylic acids is 1. The van der Waals surface area contributed by atoms with Crippen molar-refractivity contribution in [3.8, 4) is 5.88 Å². The molecule has 1 aliphatic rings. The maximum absolute atomic E-state index is 12.2. The highest BCUT2D eigenvalue weighted by Crippen LogP contribution is 2.20. The van der Waals surface area contributed by atoms with E-state index in [2.05, 4.69) is 30.7 Å². The van der Waals surface area contributed by atoms with Gasteiger partial charge >= 0.3 is 0 Å². The van der Waals surface area contributed by atoms with E-state index in [4.69, 9.17) is 4.74 Å². The predicted octanol–water partition coefficient (Wildman–Crippen LogP) is 1.32. The molecule has 2 aromatic rings. The van der Waals surface area contributed by atoms with Crippen molar-refractivity contribution in [3.63, 3.8) is 0 Å². The molecular weight excluding hydrogens is 320 g/mol. The molecule has 0 bridgehead atoms. The quantitative estimate of drug-likeness (QED) is 0.733. The molecule has 0 aromatic carbocycles. The van der Waals surface area contributed by atoms with Crippen molar-refractivity contribution in [2.24, 2.45) is 0 Å². The minimum Gasteiger partial charge on any atom is -0.480 e. The Balaban J connectivity index is 1.48. The smallest absolute Gasteiger partial charge is 0.256 e. The third-order valence-electron chi connectivity index (χ3n) is 4.04. The molecule has 0 spiro atoms. The molecule has 8 nitrogen and oxygen atoms in total. The van der Waals surface area contributed by atoms with Crippen LogP contribution in [-0.2, 0) is 0 Å². The van der Waals surface area contributed by atoms with Gasteiger partial charge in [-0.15, -0.1) is 5.10 Å². The van der Waals surface area contributed by atoms with Gasteiger partial charge in [0.1, 0.15) is 5.56 Å². The number of pyridine rings is 1. The minimum atomic E-state index is -0.219. The van der Waals surface area contributed by atoms with E-state index in [1.54, 1.807) is 24.5 Å². The predicted molar refractivity (Wildman–Crippen MR) is 95.1 cm³/mol. The maximum Gasteiger partial charge on any atom is 0.256 e. The number of carbonyl (C=O) groups is 1. The Kier molecular flexibility index (Phi) is 5.61. The maximum atomic E-state index is 12.2. The van der Waals surface area contributed by atoms with Gasteiger partial charge < -0.3 is 20.3 Å². The Morgan fingerprint density at radius 3 is 2.96 bits per heavy atom. The minimum absolute atomic E-state index is 0.219. The van der Waals surface area contributed by atoms with Gasteiger partial charge in [-0.3, -0.25) is 4.79 Å². The first kappa shape index (κ1) is 16.9. The zero-order chi connectivity index (χ0) is 17.5. The fourth-order valence-corrected chi connectivity index (χ4v) is 2.78. The van der Waals surface area contributed by atoms with Crippen LogP contribution in [0.15, 0.2) is 30.6 Å². The fraction of sp³-hybridized carbons (Fsp3) is 0.412. The summed E-state index contributed by atoms with van der Waals surface area (Å²) in [4.78, 5) is 18.5. The number of aromatic nitrogens is 3. The van der Waals surface area contributed by atoms with E-state index in [0.29, 0.717) is 30.4 Å². The summed E-state index contributed by atoms with van der Waals surface area (Å²) in [6, 6.07) is 5.37. The topological polar surface area (TPSA) is 92.3 Å². The van der Waals surface area contributed by atoms with Crippen molar-refractivity contribution in [1.82, 2.24) is 20.5 Å². The van der Waals surface area contributed by atoms with Crippen LogP contribution in [0.3, 0.4) is 0 Å². The second-order valence-electron chi connectivity index (χ2n) is 5.74. The molecule has 2 aromatic heterocycles. The van der Waals surface area contributed by atoms with Crippen LogP contribution in [0.1, 0.15) is 23.2 Å². The molecule has 2 N–H and O–H groups in total. The normalized spacial score (nSPS) is 13.6. The lowest BCUT2D eigenvalue weighted by Crippen LogP contribution is -2.29. The standard InChI is InChI=1S/C17H22N6O2/c1-25-17-14(5-4-6-20-17)16(24)19-8-7-18-15-11-13(12-21-22-15)23-9-2-3-10-23/h4-6,11-12H,2-3,7-10H2,1H3,(H,18,22)(H,19,24). The number of nitrogens with zero attached hydrogens (tertiary/aromatic N) is 4. The monoisotopic (exact) mass is 342 g/mol. The third-order valence-corrected chi connectivity index (χ3v) is 4.04. The highest BCUT2D eigenvalue weighted by molar-refractivity contribution is 5.96. The number of hydrogen-bond acceptors (Lipinski definition) is 7. The highest BCUT2D eigenvalue weighted by Gasteiger charge is 2.14. The van der Waals surface area contributed by atoms with Gasteiger partial charge in [0.25, 0.3) is 5.91 Å². The summed E-state index contributed by atoms with van der Waals surface area (Å²) in [7, 11) is 1.49. The van der Waals surface area contributed by atoms with Crippen molar-refractivity contribution in [1.29, 1.82) is 0 Å². The zero-order valence-electron chi connectivity index (χ0n) is 14.2. The van der Waals surface area contributed by atoms with Gasteiger partial charge in [-0.1, -0.05) is 0 Å². The summed E-state index contributed by atoms with van der Waals surface area (Å²) in [6.45, 7) is 3.13. The van der Waals surface area contributed by atoms with Gasteiger partial charge in [0.15, 0.2) is 5.82 Å². The first-order chi connectivity index (χ1) is 12.3. The van der Waals surface area contributed by atoms with E-state index in [9.17, 15) is 4.79 Å². The largest absolute Gasteiger partial charge is 0.480 e. The van der Waals surface area contributed by atoms with Gasteiger partial charge in [0, 0.05) is 38.4 Å². The Morgan fingerprint density at radius 2 is 2.16 bits per heavy atom. The summed E-state index contributed by atoms with van der Waals surface area (Å²) in [5.74, 6) is 0.804. The van der Waals surface area contributed by atoms with Crippen LogP contribution < -0.4 is 20.3 Å². The average molecular weight is 342 g/mol. The lowest BCUT2D eigenvalue weighted by molar-refractivity contribution is 0.0951. The Labute approximate surface area is 146 Å². The van der Waals surface area contributed by atoms with Crippen LogP contribution in [0.5, 0.6) is 5.88 Å². The number of amides is 1. The molecule has 3 heterocycles. The highest BCUT2D eigenvalue weighted by atomic mass is 16.5. The number of anilines is 2. The van der Waals surface area contributed by atoms with Crippen LogP contribution >= 0.6 is 0 Å². The van der Waals surface area contributed by atoms with E-state index in [-0.39, 0.29) is 5.91 Å². The van der Waals surface area contributed by atoms with Crippen molar-refractivity contribution in [2.75, 3.05) is 43.5 Å². The number of ether oxygens (including phenoxy) is 1. The van der Waals surface area contributed by atoms with E-state index >= 15 is 0 Å².